The Morgan fingerprint density at radius 2 is 2.00 bits per heavy atom. The van der Waals surface area contributed by atoms with Gasteiger partial charge in [0.1, 0.15) is 0 Å². The van der Waals surface area contributed by atoms with Crippen LogP contribution in [-0.4, -0.2) is 20.1 Å². The SMILES string of the molecule is [B]CC(=O)Nc1ccccc1OC(F)(F)F. The number of carbonyl (C=O) groups is 1. The Labute approximate surface area is 91.0 Å². The van der Waals surface area contributed by atoms with Crippen molar-refractivity contribution in [3.63, 3.8) is 0 Å². The number of nitrogens with one attached hydrogen (secondary N) is 1. The number of hydrogen-bond donors (Lipinski definition) is 1. The van der Waals surface area contributed by atoms with Crippen LogP contribution in [0.2, 0.25) is 6.32 Å². The monoisotopic (exact) mass is 229 g/mol. The third-order valence-electron chi connectivity index (χ3n) is 1.57. The van der Waals surface area contributed by atoms with Crippen LogP contribution in [0.4, 0.5) is 18.9 Å². The molecule has 0 aliphatic carbocycles. The van der Waals surface area contributed by atoms with E-state index in [9.17, 15) is 18.0 Å². The number of hydrogen-bond acceptors (Lipinski definition) is 2. The molecule has 0 aliphatic heterocycles. The Hall–Kier alpha value is -1.66. The van der Waals surface area contributed by atoms with Crippen molar-refractivity contribution < 1.29 is 22.7 Å². The number of alkyl halides is 3. The Morgan fingerprint density at radius 3 is 2.56 bits per heavy atom. The summed E-state index contributed by atoms with van der Waals surface area (Å²) in [5.74, 6) is -1.07. The van der Waals surface area contributed by atoms with Crippen molar-refractivity contribution in [2.45, 2.75) is 12.7 Å². The predicted molar refractivity (Wildman–Crippen MR) is 52.3 cm³/mol. The molecule has 16 heavy (non-hydrogen) atoms. The molecule has 84 valence electrons. The molecule has 1 amide bonds. The molecule has 1 aromatic rings. The van der Waals surface area contributed by atoms with E-state index in [2.05, 4.69) is 10.1 Å². The highest BCUT2D eigenvalue weighted by molar-refractivity contribution is 6.22. The fourth-order valence-electron chi connectivity index (χ4n) is 0.985. The van der Waals surface area contributed by atoms with Crippen molar-refractivity contribution >= 4 is 19.4 Å². The predicted octanol–water partition coefficient (Wildman–Crippen LogP) is 2.11. The normalized spacial score (nSPS) is 10.9. The van der Waals surface area contributed by atoms with Crippen LogP contribution in [0.25, 0.3) is 0 Å². The van der Waals surface area contributed by atoms with Crippen LogP contribution in [0.3, 0.4) is 0 Å². The van der Waals surface area contributed by atoms with Gasteiger partial charge in [0.15, 0.2) is 5.75 Å². The third-order valence-corrected chi connectivity index (χ3v) is 1.57. The van der Waals surface area contributed by atoms with Gasteiger partial charge in [-0.1, -0.05) is 12.1 Å². The topological polar surface area (TPSA) is 38.3 Å². The Balaban J connectivity index is 2.87. The molecule has 0 aromatic heterocycles. The van der Waals surface area contributed by atoms with Gasteiger partial charge in [0.05, 0.1) is 13.5 Å². The fraction of sp³-hybridized carbons (Fsp3) is 0.222. The van der Waals surface area contributed by atoms with Gasteiger partial charge in [-0.25, -0.2) is 0 Å². The fourth-order valence-corrected chi connectivity index (χ4v) is 0.985. The second-order valence-corrected chi connectivity index (χ2v) is 2.80. The first kappa shape index (κ1) is 12.4. The quantitative estimate of drug-likeness (QED) is 0.806. The van der Waals surface area contributed by atoms with E-state index < -0.39 is 18.0 Å². The molecule has 0 saturated carbocycles. The van der Waals surface area contributed by atoms with E-state index in [1.165, 1.54) is 18.2 Å². The van der Waals surface area contributed by atoms with Gasteiger partial charge in [-0.15, -0.1) is 13.2 Å². The van der Waals surface area contributed by atoms with E-state index in [4.69, 9.17) is 7.85 Å². The first-order valence-corrected chi connectivity index (χ1v) is 4.27. The number of ether oxygens (including phenoxy) is 1. The van der Waals surface area contributed by atoms with E-state index in [0.717, 1.165) is 6.07 Å². The maximum atomic E-state index is 12.0. The summed E-state index contributed by atoms with van der Waals surface area (Å²) in [7, 11) is 5.02. The van der Waals surface area contributed by atoms with Gasteiger partial charge in [-0.3, -0.25) is 4.79 Å². The average molecular weight is 229 g/mol. The van der Waals surface area contributed by atoms with E-state index >= 15 is 0 Å². The largest absolute Gasteiger partial charge is 0.573 e. The number of carbonyl (C=O) groups excluding carboxylic acids is 1. The zero-order chi connectivity index (χ0) is 12.2. The Bertz CT molecular complexity index is 381. The molecule has 0 atom stereocenters. The lowest BCUT2D eigenvalue weighted by molar-refractivity contribution is -0.274. The molecule has 1 N–H and O–H groups in total. The molecule has 2 radical (unpaired) electrons. The van der Waals surface area contributed by atoms with Gasteiger partial charge >= 0.3 is 6.36 Å². The molecule has 0 saturated heterocycles. The van der Waals surface area contributed by atoms with Crippen LogP contribution < -0.4 is 10.1 Å². The van der Waals surface area contributed by atoms with Crippen LogP contribution in [0, 0.1) is 0 Å². The number of benzene rings is 1. The van der Waals surface area contributed by atoms with Crippen LogP contribution in [0.5, 0.6) is 5.75 Å². The number of rotatable bonds is 3. The second kappa shape index (κ2) is 4.91. The molecular formula is C9H7BF3NO2. The molecule has 0 bridgehead atoms. The lowest BCUT2D eigenvalue weighted by atomic mass is 10.0. The lowest BCUT2D eigenvalue weighted by Crippen LogP contribution is -2.19. The van der Waals surface area contributed by atoms with E-state index in [1.807, 2.05) is 0 Å². The smallest absolute Gasteiger partial charge is 0.404 e. The average Bonchev–Trinajstić information content (AvgIpc) is 2.18. The van der Waals surface area contributed by atoms with Gasteiger partial charge in [0.25, 0.3) is 0 Å². The van der Waals surface area contributed by atoms with Crippen molar-refractivity contribution in [1.82, 2.24) is 0 Å². The first-order chi connectivity index (χ1) is 7.42. The molecule has 0 heterocycles. The van der Waals surface area contributed by atoms with Crippen LogP contribution in [0.1, 0.15) is 0 Å². The Morgan fingerprint density at radius 1 is 1.38 bits per heavy atom. The highest BCUT2D eigenvalue weighted by Crippen LogP contribution is 2.29. The lowest BCUT2D eigenvalue weighted by Gasteiger charge is -2.13. The Kier molecular flexibility index (Phi) is 3.81. The van der Waals surface area contributed by atoms with Crippen molar-refractivity contribution in [2.24, 2.45) is 0 Å². The standard InChI is InChI=1S/C9H7BF3NO2/c10-5-8(15)14-6-3-1-2-4-7(6)16-9(11,12)13/h1-4H,5H2,(H,14,15). The zero-order valence-electron chi connectivity index (χ0n) is 8.04. The molecule has 0 spiro atoms. The second-order valence-electron chi connectivity index (χ2n) is 2.80. The third kappa shape index (κ3) is 3.84. The van der Waals surface area contributed by atoms with E-state index in [1.54, 1.807) is 0 Å². The minimum atomic E-state index is -4.80. The summed E-state index contributed by atoms with van der Waals surface area (Å²) < 4.78 is 39.7. The summed E-state index contributed by atoms with van der Waals surface area (Å²) >= 11 is 0. The van der Waals surface area contributed by atoms with Gasteiger partial charge in [-0.2, -0.15) is 0 Å². The summed E-state index contributed by atoms with van der Waals surface area (Å²) in [6, 6.07) is 5.21. The summed E-state index contributed by atoms with van der Waals surface area (Å²) in [4.78, 5) is 10.9. The summed E-state index contributed by atoms with van der Waals surface area (Å²) in [6.07, 6.45) is -5.12. The molecule has 1 rings (SSSR count). The maximum absolute atomic E-state index is 12.0. The molecule has 0 aliphatic rings. The van der Waals surface area contributed by atoms with Crippen molar-refractivity contribution in [2.75, 3.05) is 5.32 Å². The molecule has 7 heteroatoms. The minimum Gasteiger partial charge on any atom is -0.404 e. The van der Waals surface area contributed by atoms with Gasteiger partial charge in [0.2, 0.25) is 5.91 Å². The first-order valence-electron chi connectivity index (χ1n) is 4.27. The van der Waals surface area contributed by atoms with Gasteiger partial charge in [0, 0.05) is 0 Å². The highest BCUT2D eigenvalue weighted by atomic mass is 19.4. The summed E-state index contributed by atoms with van der Waals surface area (Å²) in [6.45, 7) is 0. The number of halogens is 3. The van der Waals surface area contributed by atoms with Crippen LogP contribution >= 0.6 is 0 Å². The van der Waals surface area contributed by atoms with Crippen molar-refractivity contribution in [3.05, 3.63) is 24.3 Å². The molecule has 3 nitrogen and oxygen atoms in total. The number of amides is 1. The van der Waals surface area contributed by atoms with Crippen molar-refractivity contribution in [1.29, 1.82) is 0 Å². The highest BCUT2D eigenvalue weighted by Gasteiger charge is 2.32. The van der Waals surface area contributed by atoms with Gasteiger partial charge in [-0.05, 0) is 18.5 Å². The van der Waals surface area contributed by atoms with Crippen LogP contribution in [0.15, 0.2) is 24.3 Å². The maximum Gasteiger partial charge on any atom is 0.573 e. The number of anilines is 1. The number of para-hydroxylation sites is 2. The molecule has 0 unspecified atom stereocenters. The molecule has 1 aromatic carbocycles. The molecular weight excluding hydrogens is 222 g/mol. The molecule has 0 fully saturated rings. The minimum absolute atomic E-state index is 0.0738. The van der Waals surface area contributed by atoms with Crippen LogP contribution in [-0.2, 0) is 4.79 Å². The van der Waals surface area contributed by atoms with E-state index in [-0.39, 0.29) is 12.0 Å². The summed E-state index contributed by atoms with van der Waals surface area (Å²) in [5, 5.41) is 2.19. The van der Waals surface area contributed by atoms with E-state index in [0.29, 0.717) is 0 Å². The zero-order valence-corrected chi connectivity index (χ0v) is 8.04. The summed E-state index contributed by atoms with van der Waals surface area (Å²) in [5.41, 5.74) is -0.0738. The van der Waals surface area contributed by atoms with Crippen molar-refractivity contribution in [3.8, 4) is 5.75 Å². The van der Waals surface area contributed by atoms with Gasteiger partial charge < -0.3 is 10.1 Å².